The van der Waals surface area contributed by atoms with E-state index in [0.717, 1.165) is 11.3 Å². The highest BCUT2D eigenvalue weighted by molar-refractivity contribution is 5.08. The average Bonchev–Trinajstić information content (AvgIpc) is 2.38. The van der Waals surface area contributed by atoms with Gasteiger partial charge in [-0.1, -0.05) is 6.92 Å². The fourth-order valence-electron chi connectivity index (χ4n) is 1.99. The van der Waals surface area contributed by atoms with Crippen molar-refractivity contribution in [1.29, 1.82) is 0 Å². The smallest absolute Gasteiger partial charge is 0.00111 e. The molecule has 2 fully saturated rings. The van der Waals surface area contributed by atoms with Crippen LogP contribution in [0.15, 0.2) is 0 Å². The number of nitrogens with one attached hydrogen (secondary N) is 1. The molecule has 0 aromatic rings. The summed E-state index contributed by atoms with van der Waals surface area (Å²) in [6.45, 7) is 4.91. The molecule has 1 N–H and O–H groups in total. The molecule has 0 amide bonds. The molecule has 0 unspecified atom stereocenters. The van der Waals surface area contributed by atoms with Gasteiger partial charge in [0.1, 0.15) is 0 Å². The molecule has 1 aliphatic heterocycles. The standard InChI is InChI=1S/C7H13N/c1-2-7-3-6(7)4-8-5-7/h6,8H,2-5H2,1H3/t6-,7+/m0/s1. The Morgan fingerprint density at radius 1 is 1.75 bits per heavy atom. The lowest BCUT2D eigenvalue weighted by Gasteiger charge is -2.04. The predicted molar refractivity (Wildman–Crippen MR) is 33.7 cm³/mol. The van der Waals surface area contributed by atoms with E-state index < -0.39 is 0 Å². The topological polar surface area (TPSA) is 12.0 Å². The molecular formula is C7H13N. The first-order valence-electron chi connectivity index (χ1n) is 3.58. The fourth-order valence-corrected chi connectivity index (χ4v) is 1.99. The van der Waals surface area contributed by atoms with Gasteiger partial charge in [0.2, 0.25) is 0 Å². The largest absolute Gasteiger partial charge is 0.316 e. The van der Waals surface area contributed by atoms with E-state index in [4.69, 9.17) is 0 Å². The van der Waals surface area contributed by atoms with Crippen molar-refractivity contribution in [1.82, 2.24) is 5.32 Å². The highest BCUT2D eigenvalue weighted by atomic mass is 15.0. The molecule has 0 spiro atoms. The molecule has 1 nitrogen and oxygen atoms in total. The summed E-state index contributed by atoms with van der Waals surface area (Å²) in [5, 5.41) is 3.41. The molecule has 2 atom stereocenters. The van der Waals surface area contributed by atoms with Gasteiger partial charge < -0.3 is 5.32 Å². The van der Waals surface area contributed by atoms with E-state index in [0.29, 0.717) is 0 Å². The van der Waals surface area contributed by atoms with E-state index in [2.05, 4.69) is 12.2 Å². The van der Waals surface area contributed by atoms with Crippen LogP contribution < -0.4 is 5.32 Å². The molecule has 1 saturated carbocycles. The second-order valence-corrected chi connectivity index (χ2v) is 3.25. The van der Waals surface area contributed by atoms with Crippen LogP contribution in [0.3, 0.4) is 0 Å². The Labute approximate surface area is 50.5 Å². The molecule has 46 valence electrons. The summed E-state index contributed by atoms with van der Waals surface area (Å²) >= 11 is 0. The maximum absolute atomic E-state index is 3.41. The summed E-state index contributed by atoms with van der Waals surface area (Å²) in [6.07, 6.45) is 2.90. The van der Waals surface area contributed by atoms with E-state index in [1.54, 1.807) is 0 Å². The SMILES string of the molecule is CC[C@@]12CNC[C@@H]1C2. The Balaban J connectivity index is 2.08. The van der Waals surface area contributed by atoms with Crippen molar-refractivity contribution in [3.63, 3.8) is 0 Å². The number of fused-ring (bicyclic) bond motifs is 1. The third-order valence-electron chi connectivity index (χ3n) is 2.93. The summed E-state index contributed by atoms with van der Waals surface area (Å²) in [4.78, 5) is 0. The van der Waals surface area contributed by atoms with Gasteiger partial charge in [0.15, 0.2) is 0 Å². The second kappa shape index (κ2) is 1.27. The van der Waals surface area contributed by atoms with Gasteiger partial charge in [-0.05, 0) is 30.7 Å². The number of piperidine rings is 1. The van der Waals surface area contributed by atoms with Gasteiger partial charge in [0, 0.05) is 6.54 Å². The molecule has 1 saturated heterocycles. The Hall–Kier alpha value is -0.0400. The maximum Gasteiger partial charge on any atom is 0.00111 e. The summed E-state index contributed by atoms with van der Waals surface area (Å²) < 4.78 is 0. The third-order valence-corrected chi connectivity index (χ3v) is 2.93. The van der Waals surface area contributed by atoms with Crippen molar-refractivity contribution < 1.29 is 0 Å². The quantitative estimate of drug-likeness (QED) is 0.532. The molecule has 1 heteroatoms. The zero-order valence-electron chi connectivity index (χ0n) is 5.41. The Morgan fingerprint density at radius 3 is 2.88 bits per heavy atom. The van der Waals surface area contributed by atoms with Gasteiger partial charge in [-0.3, -0.25) is 0 Å². The molecule has 1 aliphatic carbocycles. The molecule has 0 bridgehead atoms. The van der Waals surface area contributed by atoms with E-state index in [1.165, 1.54) is 25.9 Å². The second-order valence-electron chi connectivity index (χ2n) is 3.25. The van der Waals surface area contributed by atoms with Crippen molar-refractivity contribution in [3.8, 4) is 0 Å². The summed E-state index contributed by atoms with van der Waals surface area (Å²) in [5.74, 6) is 1.06. The number of hydrogen-bond donors (Lipinski definition) is 1. The number of rotatable bonds is 1. The van der Waals surface area contributed by atoms with Gasteiger partial charge in [0.25, 0.3) is 0 Å². The van der Waals surface area contributed by atoms with Crippen LogP contribution in [0.2, 0.25) is 0 Å². The van der Waals surface area contributed by atoms with Crippen LogP contribution >= 0.6 is 0 Å². The molecule has 2 rings (SSSR count). The third kappa shape index (κ3) is 0.408. The van der Waals surface area contributed by atoms with Gasteiger partial charge in [0.05, 0.1) is 0 Å². The lowest BCUT2D eigenvalue weighted by molar-refractivity contribution is 0.496. The summed E-state index contributed by atoms with van der Waals surface area (Å²) in [7, 11) is 0. The van der Waals surface area contributed by atoms with Gasteiger partial charge in [-0.15, -0.1) is 0 Å². The normalized spacial score (nSPS) is 51.4. The van der Waals surface area contributed by atoms with Gasteiger partial charge in [-0.25, -0.2) is 0 Å². The molecule has 0 aromatic carbocycles. The molecule has 0 radical (unpaired) electrons. The van der Waals surface area contributed by atoms with Crippen molar-refractivity contribution in [2.75, 3.05) is 13.1 Å². The molecular weight excluding hydrogens is 98.1 g/mol. The Kier molecular flexibility index (Phi) is 0.762. The minimum absolute atomic E-state index is 0.792. The van der Waals surface area contributed by atoms with E-state index in [-0.39, 0.29) is 0 Å². The van der Waals surface area contributed by atoms with Crippen molar-refractivity contribution >= 4 is 0 Å². The minimum Gasteiger partial charge on any atom is -0.316 e. The van der Waals surface area contributed by atoms with Crippen LogP contribution in [0.4, 0.5) is 0 Å². The van der Waals surface area contributed by atoms with Crippen molar-refractivity contribution in [3.05, 3.63) is 0 Å². The highest BCUT2D eigenvalue weighted by Crippen LogP contribution is 2.56. The summed E-state index contributed by atoms with van der Waals surface area (Å²) in [6, 6.07) is 0. The number of hydrogen-bond acceptors (Lipinski definition) is 1. The summed E-state index contributed by atoms with van der Waals surface area (Å²) in [5.41, 5.74) is 0.792. The van der Waals surface area contributed by atoms with E-state index in [9.17, 15) is 0 Å². The van der Waals surface area contributed by atoms with Crippen LogP contribution in [-0.2, 0) is 0 Å². The van der Waals surface area contributed by atoms with E-state index >= 15 is 0 Å². The van der Waals surface area contributed by atoms with Crippen molar-refractivity contribution in [2.24, 2.45) is 11.3 Å². The monoisotopic (exact) mass is 111 g/mol. The zero-order valence-corrected chi connectivity index (χ0v) is 5.41. The first-order chi connectivity index (χ1) is 3.87. The Bertz CT molecular complexity index is 107. The lowest BCUT2D eigenvalue weighted by atomic mass is 10.0. The molecule has 1 heterocycles. The molecule has 2 aliphatic rings. The van der Waals surface area contributed by atoms with Crippen LogP contribution in [0.1, 0.15) is 19.8 Å². The highest BCUT2D eigenvalue weighted by Gasteiger charge is 2.55. The van der Waals surface area contributed by atoms with Crippen molar-refractivity contribution in [2.45, 2.75) is 19.8 Å². The zero-order chi connectivity index (χ0) is 5.61. The maximum atomic E-state index is 3.41. The molecule has 0 aromatic heterocycles. The van der Waals surface area contributed by atoms with Crippen LogP contribution in [0, 0.1) is 11.3 Å². The minimum atomic E-state index is 0.792. The lowest BCUT2D eigenvalue weighted by Crippen LogP contribution is -2.15. The van der Waals surface area contributed by atoms with Gasteiger partial charge in [-0.2, -0.15) is 0 Å². The van der Waals surface area contributed by atoms with E-state index in [1.807, 2.05) is 0 Å². The first kappa shape index (κ1) is 4.80. The molecule has 8 heavy (non-hydrogen) atoms. The predicted octanol–water partition coefficient (Wildman–Crippen LogP) is 1.01. The van der Waals surface area contributed by atoms with Gasteiger partial charge >= 0.3 is 0 Å². The Morgan fingerprint density at radius 2 is 2.62 bits per heavy atom. The van der Waals surface area contributed by atoms with Crippen LogP contribution in [0.5, 0.6) is 0 Å². The van der Waals surface area contributed by atoms with Crippen LogP contribution in [0.25, 0.3) is 0 Å². The van der Waals surface area contributed by atoms with Crippen LogP contribution in [-0.4, -0.2) is 13.1 Å². The average molecular weight is 111 g/mol. The fraction of sp³-hybridized carbons (Fsp3) is 1.00. The first-order valence-corrected chi connectivity index (χ1v) is 3.58.